The molecular formula is C7H8N2O3. The van der Waals surface area contributed by atoms with Crippen molar-refractivity contribution in [3.05, 3.63) is 11.3 Å². The second-order valence-corrected chi connectivity index (χ2v) is 2.12. The minimum Gasteiger partial charge on any atom is -0.354 e. The number of ether oxygens (including phenoxy) is 2. The molecule has 5 nitrogen and oxygen atoms in total. The summed E-state index contributed by atoms with van der Waals surface area (Å²) >= 11 is 0. The molecule has 1 aliphatic rings. The van der Waals surface area contributed by atoms with Gasteiger partial charge in [0.15, 0.2) is 6.29 Å². The molecule has 0 aromatic rings. The van der Waals surface area contributed by atoms with E-state index in [1.165, 1.54) is 0 Å². The van der Waals surface area contributed by atoms with E-state index in [0.717, 1.165) is 0 Å². The van der Waals surface area contributed by atoms with E-state index in [2.05, 4.69) is 5.32 Å². The Bertz CT molecular complexity index is 242. The van der Waals surface area contributed by atoms with E-state index >= 15 is 0 Å². The zero-order valence-electron chi connectivity index (χ0n) is 6.37. The van der Waals surface area contributed by atoms with Gasteiger partial charge in [0.25, 0.3) is 0 Å². The summed E-state index contributed by atoms with van der Waals surface area (Å²) in [4.78, 5) is 10.4. The predicted molar refractivity (Wildman–Crippen MR) is 38.6 cm³/mol. The van der Waals surface area contributed by atoms with Crippen LogP contribution < -0.4 is 5.32 Å². The van der Waals surface area contributed by atoms with E-state index < -0.39 is 0 Å². The Morgan fingerprint density at radius 2 is 2.42 bits per heavy atom. The number of nitriles is 1. The highest BCUT2D eigenvalue weighted by atomic mass is 16.7. The van der Waals surface area contributed by atoms with Gasteiger partial charge in [0, 0.05) is 0 Å². The van der Waals surface area contributed by atoms with Crippen molar-refractivity contribution in [1.29, 1.82) is 5.26 Å². The molecule has 1 N–H and O–H groups in total. The largest absolute Gasteiger partial charge is 0.354 e. The number of carbonyl (C=O) groups excluding carboxylic acids is 1. The summed E-state index contributed by atoms with van der Waals surface area (Å²) in [5.74, 6) is 0. The van der Waals surface area contributed by atoms with E-state index in [4.69, 9.17) is 14.7 Å². The summed E-state index contributed by atoms with van der Waals surface area (Å²) < 4.78 is 9.77. The molecule has 64 valence electrons. The minimum atomic E-state index is 0.111. The average molecular weight is 168 g/mol. The summed E-state index contributed by atoms with van der Waals surface area (Å²) in [5, 5.41) is 11.2. The van der Waals surface area contributed by atoms with Crippen molar-refractivity contribution in [2.75, 3.05) is 20.1 Å². The zero-order valence-corrected chi connectivity index (χ0v) is 6.37. The molecule has 0 spiro atoms. The number of nitrogens with zero attached hydrogens (tertiary/aromatic N) is 1. The molecule has 0 aromatic heterocycles. The quantitative estimate of drug-likeness (QED) is 0.535. The Morgan fingerprint density at radius 1 is 1.58 bits per heavy atom. The summed E-state index contributed by atoms with van der Waals surface area (Å²) in [6, 6.07) is 1.85. The third-order valence-corrected chi connectivity index (χ3v) is 1.35. The minimum absolute atomic E-state index is 0.111. The highest BCUT2D eigenvalue weighted by Crippen LogP contribution is 2.01. The molecule has 0 amide bonds. The second kappa shape index (κ2) is 4.49. The predicted octanol–water partition coefficient (Wildman–Crippen LogP) is -0.486. The lowest BCUT2D eigenvalue weighted by atomic mass is 10.2. The number of carbonyl (C=O) groups is 1. The van der Waals surface area contributed by atoms with Crippen LogP contribution in [0.15, 0.2) is 11.3 Å². The lowest BCUT2D eigenvalue weighted by Crippen LogP contribution is -2.24. The molecule has 0 aliphatic carbocycles. The third kappa shape index (κ3) is 2.05. The highest BCUT2D eigenvalue weighted by Gasteiger charge is 2.08. The molecule has 0 saturated heterocycles. The van der Waals surface area contributed by atoms with Gasteiger partial charge in [-0.1, -0.05) is 0 Å². The van der Waals surface area contributed by atoms with Gasteiger partial charge < -0.3 is 14.8 Å². The fourth-order valence-corrected chi connectivity index (χ4v) is 0.765. The van der Waals surface area contributed by atoms with Crippen molar-refractivity contribution in [1.82, 2.24) is 5.32 Å². The first-order chi connectivity index (χ1) is 5.88. The number of rotatable bonds is 1. The number of nitrogens with one attached hydrogen (secondary N) is 1. The standard InChI is InChI=1S/C7H8N2O3/c8-1-7-6(2-10)3-11-5-12-4-9-7/h2,9H,3-5H2/b7-6-. The highest BCUT2D eigenvalue weighted by molar-refractivity contribution is 5.76. The smallest absolute Gasteiger partial charge is 0.151 e. The third-order valence-electron chi connectivity index (χ3n) is 1.35. The summed E-state index contributed by atoms with van der Waals surface area (Å²) in [6.07, 6.45) is 0.608. The van der Waals surface area contributed by atoms with Crippen LogP contribution in [-0.2, 0) is 14.3 Å². The van der Waals surface area contributed by atoms with Gasteiger partial charge >= 0.3 is 0 Å². The van der Waals surface area contributed by atoms with Gasteiger partial charge in [-0.05, 0) is 0 Å². The van der Waals surface area contributed by atoms with Crippen molar-refractivity contribution >= 4 is 6.29 Å². The van der Waals surface area contributed by atoms with E-state index in [9.17, 15) is 4.79 Å². The van der Waals surface area contributed by atoms with Crippen molar-refractivity contribution < 1.29 is 14.3 Å². The monoisotopic (exact) mass is 168 g/mol. The fourth-order valence-electron chi connectivity index (χ4n) is 0.765. The second-order valence-electron chi connectivity index (χ2n) is 2.12. The van der Waals surface area contributed by atoms with Crippen LogP contribution in [0.3, 0.4) is 0 Å². The van der Waals surface area contributed by atoms with Crippen LogP contribution in [0.25, 0.3) is 0 Å². The number of hydrogen-bond acceptors (Lipinski definition) is 5. The Hall–Kier alpha value is -1.38. The first-order valence-corrected chi connectivity index (χ1v) is 3.36. The molecular weight excluding hydrogens is 160 g/mol. The number of aldehydes is 1. The van der Waals surface area contributed by atoms with Gasteiger partial charge in [-0.25, -0.2) is 0 Å². The van der Waals surface area contributed by atoms with Gasteiger partial charge in [-0.2, -0.15) is 5.26 Å². The Balaban J connectivity index is 2.78. The molecule has 1 heterocycles. The van der Waals surface area contributed by atoms with Gasteiger partial charge in [-0.3, -0.25) is 4.79 Å². The maximum Gasteiger partial charge on any atom is 0.151 e. The van der Waals surface area contributed by atoms with Gasteiger partial charge in [0.1, 0.15) is 25.3 Å². The lowest BCUT2D eigenvalue weighted by Gasteiger charge is -2.12. The van der Waals surface area contributed by atoms with Gasteiger partial charge in [0.05, 0.1) is 12.2 Å². The molecule has 0 fully saturated rings. The topological polar surface area (TPSA) is 71.4 Å². The van der Waals surface area contributed by atoms with E-state index in [1.807, 2.05) is 6.07 Å². The summed E-state index contributed by atoms with van der Waals surface area (Å²) in [7, 11) is 0. The molecule has 0 aromatic carbocycles. The molecule has 0 radical (unpaired) electrons. The lowest BCUT2D eigenvalue weighted by molar-refractivity contribution is -0.106. The van der Waals surface area contributed by atoms with Crippen LogP contribution in [-0.4, -0.2) is 26.4 Å². The Morgan fingerprint density at radius 3 is 3.08 bits per heavy atom. The molecule has 0 unspecified atom stereocenters. The summed E-state index contributed by atoms with van der Waals surface area (Å²) in [5.41, 5.74) is 0.533. The average Bonchev–Trinajstić information content (AvgIpc) is 2.05. The van der Waals surface area contributed by atoms with Gasteiger partial charge in [-0.15, -0.1) is 0 Å². The maximum absolute atomic E-state index is 10.4. The van der Waals surface area contributed by atoms with Crippen molar-refractivity contribution in [3.63, 3.8) is 0 Å². The van der Waals surface area contributed by atoms with Gasteiger partial charge in [0.2, 0.25) is 0 Å². The summed E-state index contributed by atoms with van der Waals surface area (Å²) in [6.45, 7) is 0.419. The van der Waals surface area contributed by atoms with Crippen LogP contribution in [0, 0.1) is 11.3 Å². The van der Waals surface area contributed by atoms with Crippen LogP contribution in [0.2, 0.25) is 0 Å². The van der Waals surface area contributed by atoms with Crippen molar-refractivity contribution in [2.45, 2.75) is 0 Å². The van der Waals surface area contributed by atoms with E-state index in [-0.39, 0.29) is 25.8 Å². The molecule has 0 saturated carbocycles. The van der Waals surface area contributed by atoms with E-state index in [1.54, 1.807) is 0 Å². The molecule has 1 aliphatic heterocycles. The van der Waals surface area contributed by atoms with Crippen LogP contribution in [0.5, 0.6) is 0 Å². The molecule has 0 bridgehead atoms. The molecule has 12 heavy (non-hydrogen) atoms. The van der Waals surface area contributed by atoms with Crippen molar-refractivity contribution in [2.24, 2.45) is 0 Å². The first kappa shape index (κ1) is 8.71. The van der Waals surface area contributed by atoms with E-state index in [0.29, 0.717) is 11.9 Å². The SMILES string of the molecule is N#C/C1=C(\C=O)COCOCN1. The first-order valence-electron chi connectivity index (χ1n) is 3.36. The van der Waals surface area contributed by atoms with Crippen LogP contribution in [0.4, 0.5) is 0 Å². The Kier molecular flexibility index (Phi) is 3.26. The molecule has 1 rings (SSSR count). The van der Waals surface area contributed by atoms with Crippen LogP contribution >= 0.6 is 0 Å². The fraction of sp³-hybridized carbons (Fsp3) is 0.429. The number of allylic oxidation sites excluding steroid dienone is 1. The van der Waals surface area contributed by atoms with Crippen molar-refractivity contribution in [3.8, 4) is 6.07 Å². The normalized spacial score (nSPS) is 24.6. The maximum atomic E-state index is 10.4. The molecule has 0 atom stereocenters. The Labute approximate surface area is 69.6 Å². The molecule has 5 heteroatoms. The van der Waals surface area contributed by atoms with Crippen LogP contribution in [0.1, 0.15) is 0 Å². The zero-order chi connectivity index (χ0) is 8.81. The number of hydrogen-bond donors (Lipinski definition) is 1.